The number of ether oxygens (including phenoxy) is 12. The summed E-state index contributed by atoms with van der Waals surface area (Å²) in [5.74, 6) is -2.68. The first-order valence-electron chi connectivity index (χ1n) is 38.8. The van der Waals surface area contributed by atoms with Gasteiger partial charge in [-0.25, -0.2) is 9.59 Å². The molecule has 33 heteroatoms. The molecule has 2 heterocycles. The van der Waals surface area contributed by atoms with E-state index in [1.165, 1.54) is 47.0 Å². The Hall–Kier alpha value is -9.61. The van der Waals surface area contributed by atoms with Crippen molar-refractivity contribution in [1.82, 2.24) is 10.6 Å². The van der Waals surface area contributed by atoms with Gasteiger partial charge < -0.3 is 86.2 Å². The van der Waals surface area contributed by atoms with E-state index in [0.717, 1.165) is 17.3 Å². The van der Waals surface area contributed by atoms with Crippen LogP contribution in [0.1, 0.15) is 228 Å². The van der Waals surface area contributed by atoms with Crippen molar-refractivity contribution in [2.24, 2.45) is 10.8 Å². The first-order valence-corrected chi connectivity index (χ1v) is 39.9. The number of fused-ring (bicyclic) bond motifs is 4. The molecular formula is C90H116BrN2O29U-. The molecule has 2 aromatic heterocycles. The third-order valence-corrected chi connectivity index (χ3v) is 18.5. The zero-order valence-electron chi connectivity index (χ0n) is 73.1. The van der Waals surface area contributed by atoms with Gasteiger partial charge in [-0.15, -0.1) is 0 Å². The number of carbonyl (C=O) groups is 8. The Morgan fingerprint density at radius 1 is 0.496 bits per heavy atom. The summed E-state index contributed by atoms with van der Waals surface area (Å²) in [6, 6.07) is 8.38. The smallest absolute Gasteiger partial charge is 0.373 e. The number of aryl methyl sites for hydroxylation is 2. The molecule has 2 N–H and O–H groups in total. The standard InChI is InChI=1S/C44H57NO12.C26H24O9.C17H32BrNO4.2CO2.CH4.U/c1-26-20-36-39(41(49)31(23-54-36)29-14-13-28-21-34(55-24-51-9)35(56-25-52-10)22-30(28)40(29)48)38(27(26)2)33(46)12-11-18-53-19-16-37(47)45-32(15-17-43(3,4)5)42(50)57-44(6,7)8;1-13-7-21-23(22(14(13)2)26(29)30)25(28)18(10-33-21)16-6-5-15-8-19(34-11-31-3)20(35-12-32-4)9-17(15)24(16)27;1-16(2,3)9-7-13(15(21)23-17(4,5)6)19-14(20)8-11-22-12-10-18;2*2-1-3;;/h14,20-23,32H,11-13,15-19,24-25H2,1-10H3,(H,45,47);6-10H,5,11-12H2,1-4H3,(H,29,30);13H,7-12H2,1-6H3,(H,19,20);;;1H4;/p-1/t32-;;13-;;;;/m0.0..../s1. The number of esters is 2. The Bertz CT molecular complexity index is 4890. The van der Waals surface area contributed by atoms with Crippen molar-refractivity contribution in [2.75, 3.05) is 87.4 Å². The van der Waals surface area contributed by atoms with Crippen LogP contribution in [0, 0.1) is 69.6 Å². The molecule has 0 fully saturated rings. The number of carbonyl (C=O) groups excluding carboxylic acids is 12. The second-order valence-electron chi connectivity index (χ2n) is 32.4. The number of aromatic carboxylic acids is 1. The fraction of sp³-hybridized carbons (Fsp3) is 0.511. The SMILES string of the molecule is C.CC(C)(C)CC[C@H](NC(=O)CCOCCBr)C(=O)OC(C)(C)C.COCOc1cc2c(cc1OCOC)C(=O)C(c1coc3cc(C)c(C)c(C(=O)CCCOCCC(=O)N[C@@H](CCC(C)(C)C)C(=O)OC(C)(C)C)c3c1=O)=CC2.COCOc1cc2c(cc1OCOC)C(=O)C(c1coc3cc(C)c(C)c(C(=O)[O-])c3c1=O)=CC2.O=C=O.O=C=O.[U]. The van der Waals surface area contributed by atoms with E-state index < -0.39 is 57.6 Å². The first-order chi connectivity index (χ1) is 56.9. The maximum absolute atomic E-state index is 14.2. The van der Waals surface area contributed by atoms with Gasteiger partial charge in [-0.1, -0.05) is 77.1 Å². The minimum atomic E-state index is -1.49. The van der Waals surface area contributed by atoms with E-state index in [-0.39, 0.29) is 212 Å². The monoisotopic (exact) mass is 2010 g/mol. The van der Waals surface area contributed by atoms with Crippen LogP contribution in [0.5, 0.6) is 23.0 Å². The number of alkyl halides is 1. The van der Waals surface area contributed by atoms with Gasteiger partial charge in [-0.3, -0.25) is 33.6 Å². The Morgan fingerprint density at radius 3 is 1.17 bits per heavy atom. The molecule has 0 aliphatic heterocycles. The molecule has 0 bridgehead atoms. The van der Waals surface area contributed by atoms with Crippen LogP contribution in [-0.4, -0.2) is 170 Å². The molecule has 8 rings (SSSR count). The van der Waals surface area contributed by atoms with Gasteiger partial charge in [0, 0.05) is 124 Å². The Labute approximate surface area is 748 Å². The number of methoxy groups -OCH3 is 4. The van der Waals surface area contributed by atoms with Crippen LogP contribution in [0.2, 0.25) is 0 Å². The van der Waals surface area contributed by atoms with E-state index in [1.54, 1.807) is 84.0 Å². The molecule has 31 nitrogen and oxygen atoms in total. The fourth-order valence-electron chi connectivity index (χ4n) is 12.3. The number of nitrogens with one attached hydrogen (secondary N) is 2. The summed E-state index contributed by atoms with van der Waals surface area (Å²) in [5, 5.41) is 18.2. The molecular weight excluding hydrogens is 1890 g/mol. The van der Waals surface area contributed by atoms with Gasteiger partial charge in [0.2, 0.25) is 22.7 Å². The average Bonchev–Trinajstić information content (AvgIpc) is 0.750. The van der Waals surface area contributed by atoms with Crippen molar-refractivity contribution < 1.29 is 159 Å². The quantitative estimate of drug-likeness (QED) is 0.0121. The van der Waals surface area contributed by atoms with Crippen LogP contribution in [0.3, 0.4) is 0 Å². The Morgan fingerprint density at radius 2 is 0.837 bits per heavy atom. The van der Waals surface area contributed by atoms with E-state index >= 15 is 0 Å². The number of Topliss-reactive ketones (excluding diaryl/α,β-unsaturated/α-hetero) is 3. The van der Waals surface area contributed by atoms with E-state index in [0.29, 0.717) is 102 Å². The van der Waals surface area contributed by atoms with Crippen molar-refractivity contribution in [3.8, 4) is 23.0 Å². The zero-order chi connectivity index (χ0) is 90.9. The summed E-state index contributed by atoms with van der Waals surface area (Å²) in [6.07, 6.45) is 10.1. The summed E-state index contributed by atoms with van der Waals surface area (Å²) in [4.78, 5) is 163. The van der Waals surface area contributed by atoms with Crippen molar-refractivity contribution in [1.29, 1.82) is 0 Å². The Kier molecular flexibility index (Phi) is 46.5. The molecule has 2 amide bonds. The normalized spacial score (nSPS) is 12.6. The summed E-state index contributed by atoms with van der Waals surface area (Å²) in [5.41, 5.74) is 2.77. The molecule has 6 aromatic rings. The molecule has 0 saturated heterocycles. The van der Waals surface area contributed by atoms with Gasteiger partial charge in [0.25, 0.3) is 0 Å². The summed E-state index contributed by atoms with van der Waals surface area (Å²) < 4.78 is 75.9. The van der Waals surface area contributed by atoms with E-state index in [2.05, 4.69) is 68.1 Å². The van der Waals surface area contributed by atoms with E-state index in [4.69, 9.17) is 84.9 Å². The summed E-state index contributed by atoms with van der Waals surface area (Å²) in [7, 11) is 5.91. The minimum Gasteiger partial charge on any atom is -0.545 e. The molecule has 2 aliphatic rings. The predicted octanol–water partition coefficient (Wildman–Crippen LogP) is 12.7. The maximum atomic E-state index is 14.2. The van der Waals surface area contributed by atoms with E-state index in [1.807, 2.05) is 27.7 Å². The van der Waals surface area contributed by atoms with Crippen molar-refractivity contribution in [3.05, 3.63) is 148 Å². The number of ketones is 3. The predicted molar refractivity (Wildman–Crippen MR) is 451 cm³/mol. The number of halogens is 1. The molecule has 0 unspecified atom stereocenters. The summed E-state index contributed by atoms with van der Waals surface area (Å²) in [6.45, 7) is 31.2. The third-order valence-electron chi connectivity index (χ3n) is 18.2. The number of carboxylic acid groups (broad SMARTS) is 1. The van der Waals surface area contributed by atoms with Gasteiger partial charge in [0.05, 0.1) is 47.7 Å². The van der Waals surface area contributed by atoms with Gasteiger partial charge in [0.15, 0.2) is 67.5 Å². The molecule has 2 aliphatic carbocycles. The fourth-order valence-corrected chi connectivity index (χ4v) is 12.5. The summed E-state index contributed by atoms with van der Waals surface area (Å²) >= 11 is 3.26. The number of carboxylic acids is 1. The largest absolute Gasteiger partial charge is 0.545 e. The second kappa shape index (κ2) is 52.2. The maximum Gasteiger partial charge on any atom is 0.373 e. The topological polar surface area (TPSA) is 423 Å². The molecule has 672 valence electrons. The number of amides is 2. The number of rotatable bonds is 36. The van der Waals surface area contributed by atoms with Crippen LogP contribution < -0.4 is 45.5 Å². The number of hydrogen-bond acceptors (Lipinski definition) is 29. The van der Waals surface area contributed by atoms with Crippen LogP contribution >= 0.6 is 15.9 Å². The zero-order valence-corrected chi connectivity index (χ0v) is 78.8. The molecule has 0 spiro atoms. The molecule has 123 heavy (non-hydrogen) atoms. The van der Waals surface area contributed by atoms with Gasteiger partial charge >= 0.3 is 24.2 Å². The van der Waals surface area contributed by atoms with Crippen LogP contribution in [0.25, 0.3) is 33.1 Å². The van der Waals surface area contributed by atoms with Crippen molar-refractivity contribution in [3.63, 3.8) is 0 Å². The average molecular weight is 2010 g/mol. The minimum absolute atomic E-state index is 0. The van der Waals surface area contributed by atoms with Crippen LogP contribution in [0.4, 0.5) is 0 Å². The van der Waals surface area contributed by atoms with Gasteiger partial charge in [0.1, 0.15) is 47.0 Å². The molecule has 0 saturated carbocycles. The molecule has 2 atom stereocenters. The Balaban J connectivity index is 0.000000659. The van der Waals surface area contributed by atoms with Crippen LogP contribution in [-0.2, 0) is 89.1 Å². The first kappa shape index (κ1) is 109. The number of benzene rings is 4. The van der Waals surface area contributed by atoms with Crippen molar-refractivity contribution in [2.45, 2.75) is 206 Å². The molecule has 4 aromatic carbocycles. The molecule has 0 radical (unpaired) electrons. The number of hydrogen-bond donors (Lipinski definition) is 2. The third kappa shape index (κ3) is 34.5. The van der Waals surface area contributed by atoms with Gasteiger partial charge in [-0.2, -0.15) is 19.2 Å². The van der Waals surface area contributed by atoms with Crippen LogP contribution in [0.15, 0.2) is 79.5 Å². The van der Waals surface area contributed by atoms with Gasteiger partial charge in [-0.05, 0) is 195 Å². The second-order valence-corrected chi connectivity index (χ2v) is 33.2. The number of allylic oxidation sites excluding steroid dienone is 4. The van der Waals surface area contributed by atoms with Crippen molar-refractivity contribution >= 4 is 108 Å². The van der Waals surface area contributed by atoms with E-state index in [9.17, 15) is 53.1 Å².